The first kappa shape index (κ1) is 13.8. The number of nitriles is 1. The molecule has 5 heteroatoms. The fourth-order valence-electron chi connectivity index (χ4n) is 2.24. The number of imidazole rings is 1. The number of fused-ring (bicyclic) bond motifs is 1. The van der Waals surface area contributed by atoms with Gasteiger partial charge in [0.25, 0.3) is 5.91 Å². The lowest BCUT2D eigenvalue weighted by atomic mass is 10.1. The van der Waals surface area contributed by atoms with Gasteiger partial charge in [-0.25, -0.2) is 4.98 Å². The van der Waals surface area contributed by atoms with Gasteiger partial charge in [-0.3, -0.25) is 4.79 Å². The van der Waals surface area contributed by atoms with Crippen molar-refractivity contribution in [3.8, 4) is 6.07 Å². The molecule has 1 N–H and O–H groups in total. The lowest BCUT2D eigenvalue weighted by Gasteiger charge is -2.04. The third kappa shape index (κ3) is 2.96. The molecule has 0 atom stereocenters. The summed E-state index contributed by atoms with van der Waals surface area (Å²) in [5.74, 6) is -0.180. The molecule has 2 heterocycles. The second-order valence-electron chi connectivity index (χ2n) is 4.90. The van der Waals surface area contributed by atoms with Crippen molar-refractivity contribution in [3.05, 3.63) is 71.7 Å². The predicted octanol–water partition coefficient (Wildman–Crippen LogP) is 2.18. The fraction of sp³-hybridized carbons (Fsp3) is 0.118. The molecule has 3 aromatic rings. The maximum Gasteiger partial charge on any atom is 0.251 e. The molecule has 0 saturated carbocycles. The van der Waals surface area contributed by atoms with E-state index in [1.54, 1.807) is 24.3 Å². The highest BCUT2D eigenvalue weighted by Gasteiger charge is 2.06. The topological polar surface area (TPSA) is 70.2 Å². The van der Waals surface area contributed by atoms with Crippen LogP contribution in [0.3, 0.4) is 0 Å². The summed E-state index contributed by atoms with van der Waals surface area (Å²) in [6.45, 7) is 0.500. The lowest BCUT2D eigenvalue weighted by Crippen LogP contribution is -2.25. The van der Waals surface area contributed by atoms with E-state index in [0.29, 0.717) is 24.1 Å². The second-order valence-corrected chi connectivity index (χ2v) is 4.90. The number of hydrogen-bond acceptors (Lipinski definition) is 3. The minimum absolute atomic E-state index is 0.180. The molecular weight excluding hydrogens is 276 g/mol. The average molecular weight is 290 g/mol. The van der Waals surface area contributed by atoms with E-state index in [2.05, 4.69) is 10.3 Å². The van der Waals surface area contributed by atoms with Crippen LogP contribution in [0.4, 0.5) is 0 Å². The Balaban J connectivity index is 1.60. The molecule has 0 unspecified atom stereocenters. The Kier molecular flexibility index (Phi) is 3.84. The molecule has 0 saturated heterocycles. The molecular formula is C17H14N4O. The highest BCUT2D eigenvalue weighted by atomic mass is 16.1. The molecule has 0 radical (unpaired) electrons. The van der Waals surface area contributed by atoms with Crippen LogP contribution in [0.25, 0.3) is 5.65 Å². The van der Waals surface area contributed by atoms with Gasteiger partial charge in [0.15, 0.2) is 0 Å². The molecule has 1 amide bonds. The fourth-order valence-corrected chi connectivity index (χ4v) is 2.24. The quantitative estimate of drug-likeness (QED) is 0.800. The number of nitrogens with one attached hydrogen (secondary N) is 1. The lowest BCUT2D eigenvalue weighted by molar-refractivity contribution is 0.0954. The van der Waals surface area contributed by atoms with Crippen molar-refractivity contribution in [1.82, 2.24) is 14.7 Å². The molecule has 2 aromatic heterocycles. The molecule has 5 nitrogen and oxygen atoms in total. The zero-order valence-corrected chi connectivity index (χ0v) is 11.9. The Morgan fingerprint density at radius 2 is 2.18 bits per heavy atom. The first-order valence-corrected chi connectivity index (χ1v) is 6.97. The van der Waals surface area contributed by atoms with Crippen LogP contribution < -0.4 is 5.32 Å². The Hall–Kier alpha value is -3.13. The van der Waals surface area contributed by atoms with Crippen LogP contribution in [-0.4, -0.2) is 21.8 Å². The van der Waals surface area contributed by atoms with Crippen molar-refractivity contribution in [2.24, 2.45) is 0 Å². The maximum absolute atomic E-state index is 12.0. The zero-order valence-electron chi connectivity index (χ0n) is 11.9. The van der Waals surface area contributed by atoms with Gasteiger partial charge in [0.2, 0.25) is 0 Å². The monoisotopic (exact) mass is 290 g/mol. The first-order valence-electron chi connectivity index (χ1n) is 6.97. The number of amides is 1. The standard InChI is InChI=1S/C17H14N4O/c18-11-13-4-3-5-14(10-13)17(22)19-8-7-15-12-21-9-2-1-6-16(21)20-15/h1-6,9-10,12H,7-8H2,(H,19,22). The van der Waals surface area contributed by atoms with Crippen LogP contribution in [0.5, 0.6) is 0 Å². The van der Waals surface area contributed by atoms with Crippen molar-refractivity contribution in [2.45, 2.75) is 6.42 Å². The van der Waals surface area contributed by atoms with Crippen molar-refractivity contribution in [2.75, 3.05) is 6.54 Å². The smallest absolute Gasteiger partial charge is 0.251 e. The summed E-state index contributed by atoms with van der Waals surface area (Å²) in [7, 11) is 0. The highest BCUT2D eigenvalue weighted by Crippen LogP contribution is 2.06. The predicted molar refractivity (Wildman–Crippen MR) is 82.4 cm³/mol. The largest absolute Gasteiger partial charge is 0.352 e. The van der Waals surface area contributed by atoms with Crippen LogP contribution in [0.15, 0.2) is 54.9 Å². The van der Waals surface area contributed by atoms with E-state index < -0.39 is 0 Å². The van der Waals surface area contributed by atoms with Crippen LogP contribution >= 0.6 is 0 Å². The Labute approximate surface area is 127 Å². The molecule has 0 aliphatic carbocycles. The SMILES string of the molecule is N#Cc1cccc(C(=O)NCCc2cn3ccccc3n2)c1. The van der Waals surface area contributed by atoms with Gasteiger partial charge in [-0.1, -0.05) is 12.1 Å². The van der Waals surface area contributed by atoms with Gasteiger partial charge < -0.3 is 9.72 Å². The average Bonchev–Trinajstić information content (AvgIpc) is 2.97. The molecule has 0 spiro atoms. The molecule has 3 rings (SSSR count). The number of aromatic nitrogens is 2. The summed E-state index contributed by atoms with van der Waals surface area (Å²) in [4.78, 5) is 16.5. The van der Waals surface area contributed by atoms with Gasteiger partial charge >= 0.3 is 0 Å². The van der Waals surface area contributed by atoms with Crippen molar-refractivity contribution < 1.29 is 4.79 Å². The van der Waals surface area contributed by atoms with Gasteiger partial charge in [0, 0.05) is 30.9 Å². The van der Waals surface area contributed by atoms with Crippen molar-refractivity contribution in [3.63, 3.8) is 0 Å². The summed E-state index contributed by atoms with van der Waals surface area (Å²) < 4.78 is 1.95. The van der Waals surface area contributed by atoms with Crippen LogP contribution in [0.2, 0.25) is 0 Å². The summed E-state index contributed by atoms with van der Waals surface area (Å²) >= 11 is 0. The zero-order chi connectivity index (χ0) is 15.4. The number of pyridine rings is 1. The first-order chi connectivity index (χ1) is 10.8. The van der Waals surface area contributed by atoms with E-state index in [1.165, 1.54) is 0 Å². The second kappa shape index (κ2) is 6.10. The van der Waals surface area contributed by atoms with Crippen LogP contribution in [0, 0.1) is 11.3 Å². The Morgan fingerprint density at radius 3 is 3.00 bits per heavy atom. The number of carbonyl (C=O) groups excluding carboxylic acids is 1. The molecule has 0 bridgehead atoms. The molecule has 1 aromatic carbocycles. The summed E-state index contributed by atoms with van der Waals surface area (Å²) in [5.41, 5.74) is 2.80. The molecule has 0 fully saturated rings. The number of rotatable bonds is 4. The Morgan fingerprint density at radius 1 is 1.27 bits per heavy atom. The molecule has 108 valence electrons. The summed E-state index contributed by atoms with van der Waals surface area (Å²) in [5, 5.41) is 11.7. The maximum atomic E-state index is 12.0. The van der Waals surface area contributed by atoms with E-state index in [1.807, 2.05) is 41.1 Å². The summed E-state index contributed by atoms with van der Waals surface area (Å²) in [6.07, 6.45) is 4.56. The van der Waals surface area contributed by atoms with Crippen molar-refractivity contribution in [1.29, 1.82) is 5.26 Å². The van der Waals surface area contributed by atoms with E-state index in [0.717, 1.165) is 11.3 Å². The third-order valence-electron chi connectivity index (χ3n) is 3.33. The Bertz CT molecular complexity index is 827. The van der Waals surface area contributed by atoms with Crippen LogP contribution in [0.1, 0.15) is 21.6 Å². The van der Waals surface area contributed by atoms with E-state index in [4.69, 9.17) is 5.26 Å². The van der Waals surface area contributed by atoms with Gasteiger partial charge in [0.1, 0.15) is 5.65 Å². The molecule has 22 heavy (non-hydrogen) atoms. The van der Waals surface area contributed by atoms with Gasteiger partial charge in [-0.15, -0.1) is 0 Å². The van der Waals surface area contributed by atoms with Gasteiger partial charge in [-0.05, 0) is 30.3 Å². The van der Waals surface area contributed by atoms with Gasteiger partial charge in [-0.2, -0.15) is 5.26 Å². The number of carbonyl (C=O) groups is 1. The summed E-state index contributed by atoms with van der Waals surface area (Å²) in [6, 6.07) is 14.5. The van der Waals surface area contributed by atoms with E-state index in [-0.39, 0.29) is 5.91 Å². The van der Waals surface area contributed by atoms with Crippen LogP contribution in [-0.2, 0) is 6.42 Å². The molecule has 0 aliphatic heterocycles. The normalized spacial score (nSPS) is 10.3. The number of benzene rings is 1. The van der Waals surface area contributed by atoms with Gasteiger partial charge in [0.05, 0.1) is 17.3 Å². The highest BCUT2D eigenvalue weighted by molar-refractivity contribution is 5.94. The minimum Gasteiger partial charge on any atom is -0.352 e. The van der Waals surface area contributed by atoms with E-state index in [9.17, 15) is 4.79 Å². The minimum atomic E-state index is -0.180. The number of hydrogen-bond donors (Lipinski definition) is 1. The van der Waals surface area contributed by atoms with E-state index >= 15 is 0 Å². The van der Waals surface area contributed by atoms with Crippen molar-refractivity contribution >= 4 is 11.6 Å². The molecule has 0 aliphatic rings. The third-order valence-corrected chi connectivity index (χ3v) is 3.33. The number of nitrogens with zero attached hydrogens (tertiary/aromatic N) is 3.